The van der Waals surface area contributed by atoms with Crippen molar-refractivity contribution in [3.8, 4) is 16.9 Å². The molecule has 0 bridgehead atoms. The molecule has 1 unspecified atom stereocenters. The van der Waals surface area contributed by atoms with Crippen LogP contribution in [-0.2, 0) is 15.7 Å². The van der Waals surface area contributed by atoms with Crippen LogP contribution in [-0.4, -0.2) is 43.0 Å². The van der Waals surface area contributed by atoms with Crippen LogP contribution in [0.1, 0.15) is 47.2 Å². The lowest BCUT2D eigenvalue weighted by Gasteiger charge is -2.24. The number of hydrogen-bond donors (Lipinski definition) is 0. The average molecular weight is 412 g/mol. The van der Waals surface area contributed by atoms with Gasteiger partial charge in [0.15, 0.2) is 6.29 Å². The second-order valence-electron chi connectivity index (χ2n) is 6.81. The predicted molar refractivity (Wildman–Crippen MR) is 99.0 cm³/mol. The zero-order valence-corrected chi connectivity index (χ0v) is 16.3. The monoisotopic (exact) mass is 412 g/mol. The minimum absolute atomic E-state index is 0.0461. The first-order valence-corrected chi connectivity index (χ1v) is 9.35. The Labute approximate surface area is 166 Å². The highest BCUT2D eigenvalue weighted by Gasteiger charge is 2.32. The molecule has 1 aliphatic heterocycles. The Bertz CT molecular complexity index is 858. The van der Waals surface area contributed by atoms with Crippen LogP contribution in [0.15, 0.2) is 18.2 Å². The number of carbonyl (C=O) groups excluding carboxylic acids is 1. The fourth-order valence-corrected chi connectivity index (χ4v) is 3.41. The maximum Gasteiger partial charge on any atom is 0.416 e. The van der Waals surface area contributed by atoms with Gasteiger partial charge >= 0.3 is 6.18 Å². The lowest BCUT2D eigenvalue weighted by atomic mass is 10.0. The summed E-state index contributed by atoms with van der Waals surface area (Å²) in [7, 11) is 1.47. The number of aldehydes is 1. The van der Waals surface area contributed by atoms with Crippen molar-refractivity contribution in [3.63, 3.8) is 0 Å². The van der Waals surface area contributed by atoms with Gasteiger partial charge in [0.2, 0.25) is 0 Å². The Kier molecular flexibility index (Phi) is 6.59. The number of nitrogens with zero attached hydrogens (tertiary/aromatic N) is 2. The van der Waals surface area contributed by atoms with Gasteiger partial charge in [-0.05, 0) is 49.9 Å². The molecule has 158 valence electrons. The molecule has 9 heteroatoms. The Balaban J connectivity index is 2.07. The smallest absolute Gasteiger partial charge is 0.416 e. The van der Waals surface area contributed by atoms with Crippen LogP contribution in [0.2, 0.25) is 0 Å². The zero-order valence-electron chi connectivity index (χ0n) is 16.3. The normalized spacial score (nSPS) is 17.3. The van der Waals surface area contributed by atoms with Crippen LogP contribution in [0.25, 0.3) is 11.1 Å². The fraction of sp³-hybridized carbons (Fsp3) is 0.500. The Morgan fingerprint density at radius 3 is 2.69 bits per heavy atom. The molecule has 1 saturated heterocycles. The minimum atomic E-state index is -4.56. The standard InChI is InChI=1S/C20H23F3N2O4/c1-13-19(17(12-26)24-25(13)18-5-3-4-6-29-18)14-9-15(20(21,22)23)11-16(10-14)28-8-7-27-2/h9-12,18H,3-8H2,1-2H3. The third-order valence-corrected chi connectivity index (χ3v) is 4.80. The van der Waals surface area contributed by atoms with Gasteiger partial charge < -0.3 is 14.2 Å². The highest BCUT2D eigenvalue weighted by atomic mass is 19.4. The van der Waals surface area contributed by atoms with E-state index >= 15 is 0 Å². The third kappa shape index (κ3) is 4.79. The SMILES string of the molecule is COCCOc1cc(-c2c(C=O)nn(C3CCCCO3)c2C)cc(C(F)(F)F)c1. The molecule has 2 heterocycles. The van der Waals surface area contributed by atoms with E-state index in [-0.39, 0.29) is 36.4 Å². The molecule has 0 N–H and O–H groups in total. The lowest BCUT2D eigenvalue weighted by molar-refractivity contribution is -0.137. The number of ether oxygens (including phenoxy) is 3. The molecular weight excluding hydrogens is 389 g/mol. The van der Waals surface area contributed by atoms with Crippen LogP contribution in [0.5, 0.6) is 5.75 Å². The molecule has 1 aromatic carbocycles. The number of benzene rings is 1. The molecule has 0 saturated carbocycles. The van der Waals surface area contributed by atoms with Gasteiger partial charge in [-0.25, -0.2) is 4.68 Å². The van der Waals surface area contributed by atoms with Crippen molar-refractivity contribution in [2.45, 2.75) is 38.6 Å². The van der Waals surface area contributed by atoms with E-state index in [1.165, 1.54) is 13.2 Å². The first kappa shape index (κ1) is 21.3. The van der Waals surface area contributed by atoms with E-state index in [0.717, 1.165) is 31.4 Å². The van der Waals surface area contributed by atoms with Crippen molar-refractivity contribution in [1.82, 2.24) is 9.78 Å². The molecule has 3 rings (SSSR count). The van der Waals surface area contributed by atoms with Crippen molar-refractivity contribution in [2.75, 3.05) is 26.9 Å². The molecule has 0 amide bonds. The summed E-state index contributed by atoms with van der Waals surface area (Å²) < 4.78 is 57.9. The first-order valence-electron chi connectivity index (χ1n) is 9.35. The van der Waals surface area contributed by atoms with Gasteiger partial charge in [-0.15, -0.1) is 0 Å². The molecule has 1 atom stereocenters. The summed E-state index contributed by atoms with van der Waals surface area (Å²) in [6.07, 6.45) is -1.72. The van der Waals surface area contributed by atoms with Crippen molar-refractivity contribution >= 4 is 6.29 Å². The third-order valence-electron chi connectivity index (χ3n) is 4.80. The number of halogens is 3. The van der Waals surface area contributed by atoms with E-state index in [2.05, 4.69) is 5.10 Å². The van der Waals surface area contributed by atoms with Gasteiger partial charge in [0.1, 0.15) is 24.3 Å². The van der Waals surface area contributed by atoms with Crippen LogP contribution in [0.4, 0.5) is 13.2 Å². The zero-order chi connectivity index (χ0) is 21.0. The van der Waals surface area contributed by atoms with Crippen LogP contribution in [0, 0.1) is 6.92 Å². The summed E-state index contributed by atoms with van der Waals surface area (Å²) in [6, 6.07) is 3.42. The summed E-state index contributed by atoms with van der Waals surface area (Å²) in [5.41, 5.74) is 0.339. The molecule has 1 aromatic heterocycles. The Morgan fingerprint density at radius 1 is 1.28 bits per heavy atom. The van der Waals surface area contributed by atoms with E-state index in [1.807, 2.05) is 0 Å². The maximum absolute atomic E-state index is 13.4. The number of carbonyl (C=O) groups is 1. The Morgan fingerprint density at radius 2 is 2.07 bits per heavy atom. The summed E-state index contributed by atoms with van der Waals surface area (Å²) in [6.45, 7) is 2.64. The van der Waals surface area contributed by atoms with E-state index in [9.17, 15) is 18.0 Å². The molecule has 1 fully saturated rings. The van der Waals surface area contributed by atoms with E-state index in [0.29, 0.717) is 24.2 Å². The van der Waals surface area contributed by atoms with E-state index < -0.39 is 11.7 Å². The van der Waals surface area contributed by atoms with Gasteiger partial charge in [-0.3, -0.25) is 4.79 Å². The van der Waals surface area contributed by atoms with Crippen molar-refractivity contribution in [2.24, 2.45) is 0 Å². The largest absolute Gasteiger partial charge is 0.491 e. The number of aromatic nitrogens is 2. The summed E-state index contributed by atoms with van der Waals surface area (Å²) in [4.78, 5) is 11.6. The van der Waals surface area contributed by atoms with Crippen LogP contribution < -0.4 is 4.74 Å². The molecule has 0 radical (unpaired) electrons. The number of methoxy groups -OCH3 is 1. The van der Waals surface area contributed by atoms with Gasteiger partial charge in [0, 0.05) is 25.0 Å². The summed E-state index contributed by atoms with van der Waals surface area (Å²) in [5.74, 6) is 0.0461. The minimum Gasteiger partial charge on any atom is -0.491 e. The molecule has 0 spiro atoms. The molecule has 1 aliphatic rings. The van der Waals surface area contributed by atoms with Gasteiger partial charge in [0.25, 0.3) is 0 Å². The van der Waals surface area contributed by atoms with Gasteiger partial charge in [0.05, 0.1) is 12.2 Å². The summed E-state index contributed by atoms with van der Waals surface area (Å²) >= 11 is 0. The second kappa shape index (κ2) is 8.96. The molecular formula is C20H23F3N2O4. The molecule has 0 aliphatic carbocycles. The highest BCUT2D eigenvalue weighted by molar-refractivity contribution is 5.87. The van der Waals surface area contributed by atoms with Gasteiger partial charge in [-0.1, -0.05) is 0 Å². The topological polar surface area (TPSA) is 62.6 Å². The second-order valence-corrected chi connectivity index (χ2v) is 6.81. The Hall–Kier alpha value is -2.39. The average Bonchev–Trinajstić information content (AvgIpc) is 3.04. The molecule has 29 heavy (non-hydrogen) atoms. The maximum atomic E-state index is 13.4. The number of rotatable bonds is 7. The lowest BCUT2D eigenvalue weighted by Crippen LogP contribution is -2.20. The number of alkyl halides is 3. The quantitative estimate of drug-likeness (QED) is 0.498. The van der Waals surface area contributed by atoms with Crippen molar-refractivity contribution in [3.05, 3.63) is 35.2 Å². The molecule has 2 aromatic rings. The first-order chi connectivity index (χ1) is 13.8. The van der Waals surface area contributed by atoms with Crippen molar-refractivity contribution < 1.29 is 32.2 Å². The fourth-order valence-electron chi connectivity index (χ4n) is 3.41. The highest BCUT2D eigenvalue weighted by Crippen LogP contribution is 2.38. The van der Waals surface area contributed by atoms with Crippen LogP contribution in [0.3, 0.4) is 0 Å². The summed E-state index contributed by atoms with van der Waals surface area (Å²) in [5, 5.41) is 4.31. The predicted octanol–water partition coefficient (Wildman–Crippen LogP) is 4.41. The van der Waals surface area contributed by atoms with Crippen LogP contribution >= 0.6 is 0 Å². The van der Waals surface area contributed by atoms with E-state index in [4.69, 9.17) is 14.2 Å². The number of hydrogen-bond acceptors (Lipinski definition) is 5. The van der Waals surface area contributed by atoms with Gasteiger partial charge in [-0.2, -0.15) is 18.3 Å². The van der Waals surface area contributed by atoms with E-state index in [1.54, 1.807) is 11.6 Å². The molecule has 6 nitrogen and oxygen atoms in total. The van der Waals surface area contributed by atoms with Crippen molar-refractivity contribution in [1.29, 1.82) is 0 Å².